The second-order valence-electron chi connectivity index (χ2n) is 9.02. The number of benzene rings is 1. The first-order valence-corrected chi connectivity index (χ1v) is 10.7. The Bertz CT molecular complexity index is 660. The van der Waals surface area contributed by atoms with Crippen LogP contribution in [0, 0.1) is 0 Å². The Hall–Kier alpha value is -1.63. The van der Waals surface area contributed by atoms with Crippen LogP contribution in [0.2, 0.25) is 0 Å². The van der Waals surface area contributed by atoms with Crippen LogP contribution in [0.1, 0.15) is 32.3 Å². The third kappa shape index (κ3) is 4.34. The summed E-state index contributed by atoms with van der Waals surface area (Å²) in [5, 5.41) is 3.11. The Kier molecular flexibility index (Phi) is 5.90. The van der Waals surface area contributed by atoms with Gasteiger partial charge in [0.15, 0.2) is 0 Å². The van der Waals surface area contributed by atoms with Gasteiger partial charge >= 0.3 is 6.03 Å². The number of piperazine rings is 2. The van der Waals surface area contributed by atoms with Crippen molar-refractivity contribution in [3.63, 3.8) is 0 Å². The molecule has 1 atom stereocenters. The van der Waals surface area contributed by atoms with Gasteiger partial charge in [0.2, 0.25) is 0 Å². The molecular weight excluding hydrogens is 352 g/mol. The van der Waals surface area contributed by atoms with Crippen LogP contribution in [0.25, 0.3) is 0 Å². The van der Waals surface area contributed by atoms with Crippen molar-refractivity contribution in [3.05, 3.63) is 35.9 Å². The first-order chi connectivity index (χ1) is 13.5. The van der Waals surface area contributed by atoms with E-state index in [1.165, 1.54) is 0 Å². The van der Waals surface area contributed by atoms with Gasteiger partial charge in [-0.15, -0.1) is 0 Å². The molecule has 1 N–H and O–H groups in total. The molecule has 154 valence electrons. The zero-order chi connectivity index (χ0) is 19.6. The van der Waals surface area contributed by atoms with Crippen molar-refractivity contribution in [2.45, 2.75) is 50.9 Å². The van der Waals surface area contributed by atoms with Gasteiger partial charge in [0.05, 0.1) is 0 Å². The summed E-state index contributed by atoms with van der Waals surface area (Å²) < 4.78 is 5.54. The zero-order valence-corrected chi connectivity index (χ0v) is 17.3. The van der Waals surface area contributed by atoms with E-state index in [-0.39, 0.29) is 11.6 Å². The standard InChI is InChI=1S/C22H34N4O2/c1-22(2)17-25(21(27)23-14-18-6-4-3-5-7-18)16-20-15-24(10-11-26(20)22)19-8-12-28-13-9-19/h3-7,19-20H,8-17H2,1-2H3,(H,23,27)/t20-/m0/s1. The van der Waals surface area contributed by atoms with Crippen LogP contribution in [0.4, 0.5) is 4.79 Å². The van der Waals surface area contributed by atoms with Crippen LogP contribution in [0.3, 0.4) is 0 Å². The summed E-state index contributed by atoms with van der Waals surface area (Å²) in [7, 11) is 0. The molecule has 0 bridgehead atoms. The summed E-state index contributed by atoms with van der Waals surface area (Å²) in [5.74, 6) is 0. The second-order valence-corrected chi connectivity index (χ2v) is 9.02. The molecule has 0 radical (unpaired) electrons. The fourth-order valence-corrected chi connectivity index (χ4v) is 5.13. The lowest BCUT2D eigenvalue weighted by Crippen LogP contribution is -2.71. The lowest BCUT2D eigenvalue weighted by molar-refractivity contribution is -0.0721. The fraction of sp³-hybridized carbons (Fsp3) is 0.682. The zero-order valence-electron chi connectivity index (χ0n) is 17.3. The molecule has 3 aliphatic rings. The van der Waals surface area contributed by atoms with Gasteiger partial charge in [0.1, 0.15) is 0 Å². The topological polar surface area (TPSA) is 48.1 Å². The summed E-state index contributed by atoms with van der Waals surface area (Å²) in [6.07, 6.45) is 2.27. The van der Waals surface area contributed by atoms with Crippen molar-refractivity contribution in [1.29, 1.82) is 0 Å². The van der Waals surface area contributed by atoms with Gasteiger partial charge in [0.25, 0.3) is 0 Å². The first-order valence-electron chi connectivity index (χ1n) is 10.7. The molecule has 1 aromatic carbocycles. The molecule has 2 amide bonds. The molecule has 3 saturated heterocycles. The lowest BCUT2D eigenvalue weighted by atomic mass is 9.92. The Labute approximate surface area is 168 Å². The van der Waals surface area contributed by atoms with E-state index in [4.69, 9.17) is 4.74 Å². The third-order valence-corrected chi connectivity index (χ3v) is 6.58. The predicted octanol–water partition coefficient (Wildman–Crippen LogP) is 2.16. The summed E-state index contributed by atoms with van der Waals surface area (Å²) in [4.78, 5) is 20.2. The van der Waals surface area contributed by atoms with Crippen molar-refractivity contribution >= 4 is 6.03 Å². The number of fused-ring (bicyclic) bond motifs is 1. The van der Waals surface area contributed by atoms with Crippen LogP contribution in [-0.2, 0) is 11.3 Å². The highest BCUT2D eigenvalue weighted by Gasteiger charge is 2.44. The van der Waals surface area contributed by atoms with E-state index >= 15 is 0 Å². The van der Waals surface area contributed by atoms with Crippen molar-refractivity contribution in [1.82, 2.24) is 20.0 Å². The second kappa shape index (κ2) is 8.39. The number of amides is 2. The highest BCUT2D eigenvalue weighted by atomic mass is 16.5. The largest absolute Gasteiger partial charge is 0.381 e. The Balaban J connectivity index is 1.38. The minimum Gasteiger partial charge on any atom is -0.381 e. The highest BCUT2D eigenvalue weighted by Crippen LogP contribution is 2.30. The molecule has 4 rings (SSSR count). The molecule has 6 heteroatoms. The number of hydrogen-bond donors (Lipinski definition) is 1. The minimum atomic E-state index is 0.00870. The van der Waals surface area contributed by atoms with E-state index in [2.05, 4.69) is 41.1 Å². The SMILES string of the molecule is CC1(C)CN(C(=O)NCc2ccccc2)C[C@@H]2CN(C3CCOCC3)CCN21. The molecule has 0 aromatic heterocycles. The van der Waals surface area contributed by atoms with Gasteiger partial charge in [-0.2, -0.15) is 0 Å². The smallest absolute Gasteiger partial charge is 0.317 e. The van der Waals surface area contributed by atoms with Crippen LogP contribution < -0.4 is 5.32 Å². The maximum absolute atomic E-state index is 12.9. The summed E-state index contributed by atoms with van der Waals surface area (Å²) in [6, 6.07) is 11.2. The Morgan fingerprint density at radius 3 is 2.61 bits per heavy atom. The predicted molar refractivity (Wildman–Crippen MR) is 110 cm³/mol. The van der Waals surface area contributed by atoms with E-state index < -0.39 is 0 Å². The van der Waals surface area contributed by atoms with Gasteiger partial charge in [-0.25, -0.2) is 4.79 Å². The summed E-state index contributed by atoms with van der Waals surface area (Å²) in [6.45, 7) is 11.8. The number of rotatable bonds is 3. The van der Waals surface area contributed by atoms with Crippen LogP contribution in [-0.4, -0.2) is 84.3 Å². The maximum Gasteiger partial charge on any atom is 0.317 e. The van der Waals surface area contributed by atoms with E-state index in [9.17, 15) is 4.79 Å². The Morgan fingerprint density at radius 1 is 1.11 bits per heavy atom. The van der Waals surface area contributed by atoms with Gasteiger partial charge in [-0.05, 0) is 32.3 Å². The van der Waals surface area contributed by atoms with Crippen molar-refractivity contribution in [2.24, 2.45) is 0 Å². The van der Waals surface area contributed by atoms with Gasteiger partial charge in [-0.3, -0.25) is 9.80 Å². The van der Waals surface area contributed by atoms with Gasteiger partial charge in [-0.1, -0.05) is 30.3 Å². The van der Waals surface area contributed by atoms with E-state index in [1.807, 2.05) is 23.1 Å². The van der Waals surface area contributed by atoms with Crippen LogP contribution in [0.5, 0.6) is 0 Å². The van der Waals surface area contributed by atoms with Crippen LogP contribution >= 0.6 is 0 Å². The molecule has 28 heavy (non-hydrogen) atoms. The van der Waals surface area contributed by atoms with Crippen molar-refractivity contribution < 1.29 is 9.53 Å². The molecule has 0 saturated carbocycles. The number of nitrogens with one attached hydrogen (secondary N) is 1. The molecule has 0 aliphatic carbocycles. The summed E-state index contributed by atoms with van der Waals surface area (Å²) in [5.41, 5.74) is 1.14. The molecule has 0 unspecified atom stereocenters. The summed E-state index contributed by atoms with van der Waals surface area (Å²) >= 11 is 0. The number of ether oxygens (including phenoxy) is 1. The van der Waals surface area contributed by atoms with E-state index in [0.717, 1.165) is 64.3 Å². The molecule has 0 spiro atoms. The first kappa shape index (κ1) is 19.7. The molecule has 6 nitrogen and oxygen atoms in total. The highest BCUT2D eigenvalue weighted by molar-refractivity contribution is 5.74. The normalized spacial score (nSPS) is 26.6. The van der Waals surface area contributed by atoms with Crippen molar-refractivity contribution in [3.8, 4) is 0 Å². The molecule has 3 heterocycles. The third-order valence-electron chi connectivity index (χ3n) is 6.58. The molecule has 3 aliphatic heterocycles. The molecule has 3 fully saturated rings. The number of carbonyl (C=O) groups is 1. The number of urea groups is 1. The van der Waals surface area contributed by atoms with Crippen LogP contribution in [0.15, 0.2) is 30.3 Å². The average molecular weight is 387 g/mol. The van der Waals surface area contributed by atoms with Crippen molar-refractivity contribution in [2.75, 3.05) is 45.9 Å². The van der Waals surface area contributed by atoms with Gasteiger partial charge < -0.3 is 15.0 Å². The van der Waals surface area contributed by atoms with Gasteiger partial charge in [0, 0.05) is 70.1 Å². The number of hydrogen-bond acceptors (Lipinski definition) is 4. The quantitative estimate of drug-likeness (QED) is 0.865. The maximum atomic E-state index is 12.9. The molecule has 1 aromatic rings. The van der Waals surface area contributed by atoms with E-state index in [1.54, 1.807) is 0 Å². The number of carbonyl (C=O) groups excluding carboxylic acids is 1. The monoisotopic (exact) mass is 386 g/mol. The Morgan fingerprint density at radius 2 is 1.86 bits per heavy atom. The lowest BCUT2D eigenvalue weighted by Gasteiger charge is -2.56. The van der Waals surface area contributed by atoms with E-state index in [0.29, 0.717) is 18.6 Å². The molecular formula is C22H34N4O2. The fourth-order valence-electron chi connectivity index (χ4n) is 5.13. The number of nitrogens with zero attached hydrogens (tertiary/aromatic N) is 3. The minimum absolute atomic E-state index is 0.00870. The average Bonchev–Trinajstić information content (AvgIpc) is 2.72.